The summed E-state index contributed by atoms with van der Waals surface area (Å²) in [5, 5.41) is 11.7. The Morgan fingerprint density at radius 2 is 2.26 bits per heavy atom. The van der Waals surface area contributed by atoms with Gasteiger partial charge in [0.15, 0.2) is 0 Å². The monoisotopic (exact) mass is 266 g/mol. The third-order valence-electron chi connectivity index (χ3n) is 3.42. The Kier molecular flexibility index (Phi) is 3.90. The second-order valence-electron chi connectivity index (χ2n) is 4.86. The zero-order chi connectivity index (χ0) is 14.0. The molecule has 1 aliphatic heterocycles. The van der Waals surface area contributed by atoms with E-state index in [2.05, 4.69) is 10.2 Å². The summed E-state index contributed by atoms with van der Waals surface area (Å²) in [5.41, 5.74) is 0. The average molecular weight is 266 g/mol. The normalized spacial score (nSPS) is 21.3. The molecule has 2 N–H and O–H groups in total. The van der Waals surface area contributed by atoms with Crippen molar-refractivity contribution in [2.75, 3.05) is 13.1 Å². The van der Waals surface area contributed by atoms with Crippen LogP contribution in [-0.4, -0.2) is 41.0 Å². The van der Waals surface area contributed by atoms with Crippen molar-refractivity contribution >= 4 is 11.9 Å². The summed E-state index contributed by atoms with van der Waals surface area (Å²) in [4.78, 5) is 24.0. The fraction of sp³-hybridized carbons (Fsp3) is 0.538. The highest BCUT2D eigenvalue weighted by atomic mass is 16.4. The molecule has 2 atom stereocenters. The van der Waals surface area contributed by atoms with Gasteiger partial charge < -0.3 is 14.8 Å². The van der Waals surface area contributed by atoms with Gasteiger partial charge in [-0.1, -0.05) is 0 Å². The fourth-order valence-corrected chi connectivity index (χ4v) is 2.42. The van der Waals surface area contributed by atoms with Crippen LogP contribution in [-0.2, 0) is 4.79 Å². The van der Waals surface area contributed by atoms with Crippen LogP contribution in [0.5, 0.6) is 0 Å². The number of likely N-dealkylation sites (tertiary alicyclic amines) is 1. The molecule has 2 heterocycles. The molecule has 2 rings (SSSR count). The van der Waals surface area contributed by atoms with Gasteiger partial charge in [0, 0.05) is 26.1 Å². The quantitative estimate of drug-likeness (QED) is 0.857. The highest BCUT2D eigenvalue weighted by molar-refractivity contribution is 5.84. The Morgan fingerprint density at radius 3 is 2.84 bits per heavy atom. The Morgan fingerprint density at radius 1 is 1.53 bits per heavy atom. The number of carboxylic acid groups (broad SMARTS) is 1. The van der Waals surface area contributed by atoms with Crippen molar-refractivity contribution in [3.8, 4) is 0 Å². The number of rotatable bonds is 4. The van der Waals surface area contributed by atoms with Crippen molar-refractivity contribution in [1.29, 1.82) is 0 Å². The topological polar surface area (TPSA) is 82.8 Å². The zero-order valence-corrected chi connectivity index (χ0v) is 11.0. The summed E-state index contributed by atoms with van der Waals surface area (Å²) in [6, 6.07) is 3.33. The lowest BCUT2D eigenvalue weighted by Crippen LogP contribution is -2.36. The Balaban J connectivity index is 1.98. The van der Waals surface area contributed by atoms with Crippen molar-refractivity contribution in [2.24, 2.45) is 0 Å². The van der Waals surface area contributed by atoms with E-state index in [1.807, 2.05) is 6.92 Å². The molecular formula is C13H18N2O4. The molecule has 6 heteroatoms. The van der Waals surface area contributed by atoms with Crippen LogP contribution in [0.2, 0.25) is 0 Å². The van der Waals surface area contributed by atoms with Gasteiger partial charge in [-0.25, -0.2) is 4.79 Å². The van der Waals surface area contributed by atoms with E-state index in [1.54, 1.807) is 6.07 Å². The molecule has 1 aromatic heterocycles. The van der Waals surface area contributed by atoms with Crippen molar-refractivity contribution < 1.29 is 19.1 Å². The summed E-state index contributed by atoms with van der Waals surface area (Å²) in [5.74, 6) is -0.484. The smallest absolute Gasteiger partial charge is 0.371 e. The van der Waals surface area contributed by atoms with Crippen LogP contribution >= 0.6 is 0 Å². The van der Waals surface area contributed by atoms with Crippen molar-refractivity contribution in [1.82, 2.24) is 10.2 Å². The van der Waals surface area contributed by atoms with Gasteiger partial charge in [-0.3, -0.25) is 9.69 Å². The van der Waals surface area contributed by atoms with E-state index in [9.17, 15) is 9.59 Å². The zero-order valence-electron chi connectivity index (χ0n) is 11.0. The van der Waals surface area contributed by atoms with Gasteiger partial charge in [-0.05, 0) is 25.5 Å². The molecule has 104 valence electrons. The maximum absolute atomic E-state index is 11.0. The lowest BCUT2D eigenvalue weighted by Gasteiger charge is -2.22. The Bertz CT molecular complexity index is 483. The predicted octanol–water partition coefficient (Wildman–Crippen LogP) is 1.25. The third kappa shape index (κ3) is 3.14. The van der Waals surface area contributed by atoms with Crippen molar-refractivity contribution in [3.63, 3.8) is 0 Å². The lowest BCUT2D eigenvalue weighted by molar-refractivity contribution is -0.119. The van der Waals surface area contributed by atoms with Crippen molar-refractivity contribution in [2.45, 2.75) is 32.4 Å². The molecule has 2 unspecified atom stereocenters. The molecule has 0 saturated carbocycles. The van der Waals surface area contributed by atoms with Gasteiger partial charge in [0.25, 0.3) is 0 Å². The van der Waals surface area contributed by atoms with E-state index in [0.29, 0.717) is 5.76 Å². The first-order chi connectivity index (χ1) is 8.97. The first-order valence-corrected chi connectivity index (χ1v) is 6.31. The number of nitrogens with one attached hydrogen (secondary N) is 1. The first-order valence-electron chi connectivity index (χ1n) is 6.31. The van der Waals surface area contributed by atoms with Gasteiger partial charge in [0.2, 0.25) is 11.7 Å². The summed E-state index contributed by atoms with van der Waals surface area (Å²) in [6.45, 7) is 5.09. The second-order valence-corrected chi connectivity index (χ2v) is 4.86. The summed E-state index contributed by atoms with van der Waals surface area (Å²) >= 11 is 0. The maximum Gasteiger partial charge on any atom is 0.371 e. The van der Waals surface area contributed by atoms with Gasteiger partial charge in [0.1, 0.15) is 5.76 Å². The summed E-state index contributed by atoms with van der Waals surface area (Å²) < 4.78 is 5.31. The number of carboxylic acids is 1. The predicted molar refractivity (Wildman–Crippen MR) is 67.9 cm³/mol. The van der Waals surface area contributed by atoms with Crippen LogP contribution in [0.3, 0.4) is 0 Å². The van der Waals surface area contributed by atoms with Gasteiger partial charge >= 0.3 is 5.97 Å². The molecule has 1 fully saturated rings. The molecule has 19 heavy (non-hydrogen) atoms. The number of nitrogens with zero attached hydrogens (tertiary/aromatic N) is 1. The van der Waals surface area contributed by atoms with Crippen LogP contribution < -0.4 is 5.32 Å². The number of furan rings is 1. The molecule has 1 aliphatic rings. The van der Waals surface area contributed by atoms with E-state index in [0.717, 1.165) is 19.5 Å². The largest absolute Gasteiger partial charge is 0.475 e. The molecule has 0 aliphatic carbocycles. The minimum absolute atomic E-state index is 0.00635. The minimum Gasteiger partial charge on any atom is -0.475 e. The van der Waals surface area contributed by atoms with Gasteiger partial charge in [-0.2, -0.15) is 0 Å². The minimum atomic E-state index is -1.06. The van der Waals surface area contributed by atoms with E-state index in [4.69, 9.17) is 9.52 Å². The Labute approximate surface area is 111 Å². The molecule has 1 saturated heterocycles. The highest BCUT2D eigenvalue weighted by Crippen LogP contribution is 2.26. The summed E-state index contributed by atoms with van der Waals surface area (Å²) in [7, 11) is 0. The maximum atomic E-state index is 11.0. The Hall–Kier alpha value is -1.82. The summed E-state index contributed by atoms with van der Waals surface area (Å²) in [6.07, 6.45) is 0.899. The van der Waals surface area contributed by atoms with E-state index >= 15 is 0 Å². The van der Waals surface area contributed by atoms with Crippen LogP contribution in [0.1, 0.15) is 42.6 Å². The standard InChI is InChI=1S/C13H18N2O4/c1-8(11-3-4-12(19-11)13(17)18)15-6-5-10(7-15)14-9(2)16/h3-4,8,10H,5-7H2,1-2H3,(H,14,16)(H,17,18). The lowest BCUT2D eigenvalue weighted by atomic mass is 10.2. The highest BCUT2D eigenvalue weighted by Gasteiger charge is 2.28. The van der Waals surface area contributed by atoms with E-state index in [-0.39, 0.29) is 23.8 Å². The molecule has 1 aromatic rings. The molecule has 0 radical (unpaired) electrons. The van der Waals surface area contributed by atoms with E-state index in [1.165, 1.54) is 13.0 Å². The van der Waals surface area contributed by atoms with Crippen LogP contribution in [0.4, 0.5) is 0 Å². The first kappa shape index (κ1) is 13.6. The third-order valence-corrected chi connectivity index (χ3v) is 3.42. The number of hydrogen-bond acceptors (Lipinski definition) is 4. The van der Waals surface area contributed by atoms with Crippen LogP contribution in [0.25, 0.3) is 0 Å². The number of amides is 1. The molecule has 0 bridgehead atoms. The van der Waals surface area contributed by atoms with Gasteiger partial charge in [-0.15, -0.1) is 0 Å². The van der Waals surface area contributed by atoms with Crippen LogP contribution in [0, 0.1) is 0 Å². The fourth-order valence-electron chi connectivity index (χ4n) is 2.42. The van der Waals surface area contributed by atoms with E-state index < -0.39 is 5.97 Å². The number of carbonyl (C=O) groups excluding carboxylic acids is 1. The molecule has 6 nitrogen and oxygen atoms in total. The second kappa shape index (κ2) is 5.44. The molecular weight excluding hydrogens is 248 g/mol. The number of carbonyl (C=O) groups is 2. The van der Waals surface area contributed by atoms with Crippen molar-refractivity contribution in [3.05, 3.63) is 23.7 Å². The number of hydrogen-bond donors (Lipinski definition) is 2. The SMILES string of the molecule is CC(=O)NC1CCN(C(C)c2ccc(C(=O)O)o2)C1. The average Bonchev–Trinajstić information content (AvgIpc) is 2.95. The number of aromatic carboxylic acids is 1. The molecule has 1 amide bonds. The molecule has 0 aromatic carbocycles. The molecule has 0 spiro atoms. The van der Waals surface area contributed by atoms with Gasteiger partial charge in [0.05, 0.1) is 6.04 Å². The van der Waals surface area contributed by atoms with Crippen LogP contribution in [0.15, 0.2) is 16.5 Å².